The van der Waals surface area contributed by atoms with Crippen LogP contribution in [0.15, 0.2) is 48.5 Å². The number of anilines is 1. The molecule has 2 aliphatic rings. The van der Waals surface area contributed by atoms with E-state index in [1.54, 1.807) is 23.9 Å². The van der Waals surface area contributed by atoms with Crippen LogP contribution in [0.5, 0.6) is 0 Å². The van der Waals surface area contributed by atoms with Crippen LogP contribution in [0.25, 0.3) is 0 Å². The average molecular weight is 541 g/mol. The number of ether oxygens (including phenoxy) is 1. The molecule has 1 atom stereocenters. The van der Waals surface area contributed by atoms with Crippen molar-refractivity contribution in [2.24, 2.45) is 0 Å². The molecule has 2 amide bonds. The minimum absolute atomic E-state index is 0.0822. The number of nitrogens with one attached hydrogen (secondary N) is 1. The summed E-state index contributed by atoms with van der Waals surface area (Å²) in [7, 11) is 1.36. The second-order valence-corrected chi connectivity index (χ2v) is 11.4. The molecular weight excluding hydrogens is 516 g/mol. The zero-order valence-electron chi connectivity index (χ0n) is 19.7. The minimum Gasteiger partial charge on any atom is -0.465 e. The first-order valence-corrected chi connectivity index (χ1v) is 14.0. The Bertz CT molecular complexity index is 1300. The van der Waals surface area contributed by atoms with E-state index in [1.807, 2.05) is 41.3 Å². The Labute approximate surface area is 223 Å². The average Bonchev–Trinajstić information content (AvgIpc) is 3.44. The number of amides is 2. The number of nitrogens with zero attached hydrogens (tertiary/aromatic N) is 1. The van der Waals surface area contributed by atoms with Crippen LogP contribution in [0.3, 0.4) is 0 Å². The number of methoxy groups -OCH3 is 1. The van der Waals surface area contributed by atoms with E-state index in [9.17, 15) is 14.4 Å². The van der Waals surface area contributed by atoms with Gasteiger partial charge in [-0.25, -0.2) is 4.79 Å². The first kappa shape index (κ1) is 24.9. The highest BCUT2D eigenvalue weighted by Crippen LogP contribution is 2.41. The Morgan fingerprint density at radius 2 is 1.81 bits per heavy atom. The molecular formula is C27H25ClN2O4S2. The third kappa shape index (κ3) is 5.03. The number of fused-ring (bicyclic) bond motifs is 1. The van der Waals surface area contributed by atoms with Crippen molar-refractivity contribution < 1.29 is 19.1 Å². The lowest BCUT2D eigenvalue weighted by atomic mass is 9.95. The first-order chi connectivity index (χ1) is 17.4. The third-order valence-electron chi connectivity index (χ3n) is 6.48. The number of carbonyl (C=O) groups is 3. The summed E-state index contributed by atoms with van der Waals surface area (Å²) < 4.78 is 5.00. The maximum atomic E-state index is 13.1. The number of carbonyl (C=O) groups excluding carboxylic acids is 3. The Hall–Kier alpha value is -2.81. The molecule has 1 saturated heterocycles. The lowest BCUT2D eigenvalue weighted by Gasteiger charge is -2.24. The second kappa shape index (κ2) is 10.7. The molecule has 3 aromatic rings. The van der Waals surface area contributed by atoms with Gasteiger partial charge in [0.2, 0.25) is 5.91 Å². The molecule has 1 aromatic heterocycles. The number of esters is 1. The summed E-state index contributed by atoms with van der Waals surface area (Å²) in [5, 5.41) is 4.02. The van der Waals surface area contributed by atoms with E-state index in [2.05, 4.69) is 5.32 Å². The van der Waals surface area contributed by atoms with Gasteiger partial charge in [-0.05, 0) is 66.6 Å². The van der Waals surface area contributed by atoms with Gasteiger partial charge < -0.3 is 15.0 Å². The fourth-order valence-electron chi connectivity index (χ4n) is 4.63. The quantitative estimate of drug-likeness (QED) is 0.383. The van der Waals surface area contributed by atoms with E-state index in [-0.39, 0.29) is 17.2 Å². The number of rotatable bonds is 6. The fraction of sp³-hybridized carbons (Fsp3) is 0.296. The molecule has 1 fully saturated rings. The molecule has 0 spiro atoms. The SMILES string of the molecule is COC(=O)c1c(NC(=O)c2ccc([C@H]3SCC(=O)N3Cc3ccc(Cl)cc3)cc2)sc2c1CCCC2. The molecule has 9 heteroatoms. The molecule has 1 aliphatic carbocycles. The standard InChI is InChI=1S/C27H25ClN2O4S2/c1-34-27(33)23-20-4-2-3-5-21(20)36-25(23)29-24(32)17-8-10-18(11-9-17)26-30(22(31)15-35-26)14-16-6-12-19(28)13-7-16/h6-13,26H,2-5,14-15H2,1H3,(H,29,32)/t26-/m1/s1. The summed E-state index contributed by atoms with van der Waals surface area (Å²) in [6.45, 7) is 0.495. The summed E-state index contributed by atoms with van der Waals surface area (Å²) in [4.78, 5) is 41.1. The normalized spacial score (nSPS) is 17.1. The van der Waals surface area contributed by atoms with Gasteiger partial charge in [0.1, 0.15) is 10.4 Å². The number of benzene rings is 2. The largest absolute Gasteiger partial charge is 0.465 e. The van der Waals surface area contributed by atoms with Crippen LogP contribution in [0.4, 0.5) is 5.00 Å². The maximum Gasteiger partial charge on any atom is 0.341 e. The van der Waals surface area contributed by atoms with Gasteiger partial charge in [-0.1, -0.05) is 35.9 Å². The van der Waals surface area contributed by atoms with Gasteiger partial charge in [-0.15, -0.1) is 23.1 Å². The van der Waals surface area contributed by atoms with Crippen LogP contribution in [0, 0.1) is 0 Å². The van der Waals surface area contributed by atoms with Crippen LogP contribution in [-0.4, -0.2) is 35.5 Å². The molecule has 0 bridgehead atoms. The molecule has 186 valence electrons. The number of thioether (sulfide) groups is 1. The van der Waals surface area contributed by atoms with E-state index in [0.29, 0.717) is 33.4 Å². The Kier molecular flexibility index (Phi) is 7.37. The molecule has 2 heterocycles. The van der Waals surface area contributed by atoms with E-state index in [1.165, 1.54) is 18.4 Å². The Morgan fingerprint density at radius 1 is 1.08 bits per heavy atom. The zero-order chi connectivity index (χ0) is 25.2. The molecule has 0 radical (unpaired) electrons. The molecule has 2 aromatic carbocycles. The molecule has 0 unspecified atom stereocenters. The molecule has 1 N–H and O–H groups in total. The molecule has 36 heavy (non-hydrogen) atoms. The maximum absolute atomic E-state index is 13.1. The fourth-order valence-corrected chi connectivity index (χ4v) is 7.22. The van der Waals surface area contributed by atoms with Crippen LogP contribution < -0.4 is 5.32 Å². The van der Waals surface area contributed by atoms with Crippen LogP contribution in [0.2, 0.25) is 5.02 Å². The molecule has 1 aliphatic heterocycles. The van der Waals surface area contributed by atoms with Crippen LogP contribution in [-0.2, 0) is 28.9 Å². The van der Waals surface area contributed by atoms with Gasteiger partial charge in [-0.3, -0.25) is 9.59 Å². The van der Waals surface area contributed by atoms with Crippen molar-refractivity contribution in [2.45, 2.75) is 37.6 Å². The predicted molar refractivity (Wildman–Crippen MR) is 144 cm³/mol. The highest BCUT2D eigenvalue weighted by Gasteiger charge is 2.33. The van der Waals surface area contributed by atoms with Gasteiger partial charge >= 0.3 is 5.97 Å². The van der Waals surface area contributed by atoms with Crippen molar-refractivity contribution in [3.63, 3.8) is 0 Å². The summed E-state index contributed by atoms with van der Waals surface area (Å²) in [6, 6.07) is 14.8. The number of halogens is 1. The summed E-state index contributed by atoms with van der Waals surface area (Å²) in [6.07, 6.45) is 3.85. The zero-order valence-corrected chi connectivity index (χ0v) is 22.1. The van der Waals surface area contributed by atoms with Gasteiger partial charge in [0, 0.05) is 22.0 Å². The van der Waals surface area contributed by atoms with Crippen LogP contribution in [0.1, 0.15) is 60.5 Å². The number of hydrogen-bond acceptors (Lipinski definition) is 6. The number of aryl methyl sites for hydroxylation is 1. The third-order valence-corrected chi connectivity index (χ3v) is 9.20. The first-order valence-electron chi connectivity index (χ1n) is 11.7. The van der Waals surface area contributed by atoms with Crippen molar-refractivity contribution in [1.29, 1.82) is 0 Å². The predicted octanol–water partition coefficient (Wildman–Crippen LogP) is 6.09. The summed E-state index contributed by atoms with van der Waals surface area (Å²) >= 11 is 9.03. The van der Waals surface area contributed by atoms with Crippen molar-refractivity contribution in [3.05, 3.63) is 86.2 Å². The monoisotopic (exact) mass is 540 g/mol. The van der Waals surface area contributed by atoms with E-state index in [0.717, 1.165) is 47.3 Å². The van der Waals surface area contributed by atoms with Gasteiger partial charge in [0.05, 0.1) is 18.4 Å². The second-order valence-electron chi connectivity index (χ2n) is 8.79. The summed E-state index contributed by atoms with van der Waals surface area (Å²) in [5.74, 6) is -0.194. The van der Waals surface area contributed by atoms with Gasteiger partial charge in [0.25, 0.3) is 5.91 Å². The minimum atomic E-state index is -0.413. The highest BCUT2D eigenvalue weighted by molar-refractivity contribution is 8.00. The smallest absolute Gasteiger partial charge is 0.341 e. The van der Waals surface area contributed by atoms with Gasteiger partial charge in [-0.2, -0.15) is 0 Å². The van der Waals surface area contributed by atoms with Crippen molar-refractivity contribution in [2.75, 3.05) is 18.2 Å². The van der Waals surface area contributed by atoms with Crippen molar-refractivity contribution in [3.8, 4) is 0 Å². The lowest BCUT2D eigenvalue weighted by molar-refractivity contribution is -0.128. The van der Waals surface area contributed by atoms with E-state index in [4.69, 9.17) is 16.3 Å². The Morgan fingerprint density at radius 3 is 2.53 bits per heavy atom. The number of hydrogen-bond donors (Lipinski definition) is 1. The van der Waals surface area contributed by atoms with Gasteiger partial charge in [0.15, 0.2) is 0 Å². The van der Waals surface area contributed by atoms with Crippen molar-refractivity contribution >= 4 is 57.5 Å². The molecule has 6 nitrogen and oxygen atoms in total. The topological polar surface area (TPSA) is 75.7 Å². The van der Waals surface area contributed by atoms with Crippen molar-refractivity contribution in [1.82, 2.24) is 4.90 Å². The lowest BCUT2D eigenvalue weighted by Crippen LogP contribution is -2.27. The molecule has 5 rings (SSSR count). The highest BCUT2D eigenvalue weighted by atomic mass is 35.5. The van der Waals surface area contributed by atoms with E-state index < -0.39 is 5.97 Å². The summed E-state index contributed by atoms with van der Waals surface area (Å²) in [5.41, 5.74) is 3.95. The number of thiophene rings is 1. The van der Waals surface area contributed by atoms with E-state index >= 15 is 0 Å². The van der Waals surface area contributed by atoms with Crippen LogP contribution >= 0.6 is 34.7 Å². The Balaban J connectivity index is 1.32. The molecule has 0 saturated carbocycles.